The summed E-state index contributed by atoms with van der Waals surface area (Å²) in [6.45, 7) is 5.60. The smallest absolute Gasteiger partial charge is 0.463 e. The van der Waals surface area contributed by atoms with Crippen LogP contribution in [0.5, 0.6) is 0 Å². The van der Waals surface area contributed by atoms with Gasteiger partial charge in [-0.2, -0.15) is 0 Å². The van der Waals surface area contributed by atoms with Crippen molar-refractivity contribution in [2.45, 2.75) is 511 Å². The molecule has 26 heteroatoms. The summed E-state index contributed by atoms with van der Waals surface area (Å²) >= 11 is 0. The molecule has 0 spiro atoms. The summed E-state index contributed by atoms with van der Waals surface area (Å²) in [6.07, 6.45) is 27.7. The molecular weight excluding hydrogens is 1510 g/mol. The summed E-state index contributed by atoms with van der Waals surface area (Å²) in [7, 11) is -5.80. The second-order valence-electron chi connectivity index (χ2n) is 33.5. The first-order valence-corrected chi connectivity index (χ1v) is 48.4. The van der Waals surface area contributed by atoms with E-state index >= 15 is 0 Å². The quantitative estimate of drug-likeness (QED) is 0.00889. The van der Waals surface area contributed by atoms with Gasteiger partial charge in [0, 0.05) is 25.7 Å². The first-order chi connectivity index (χ1) is 56.2. The Hall–Kier alpha value is -2.79. The Morgan fingerprint density at radius 2 is 0.647 bits per heavy atom. The molecule has 3 rings (SSSR count). The maximum Gasteiger partial charge on any atom is 0.472 e. The number of hydrogen-bond acceptors (Lipinski definition) is 24. The summed E-state index contributed by atoms with van der Waals surface area (Å²) < 4.78 is 73.4. The minimum Gasteiger partial charge on any atom is -0.463 e. The van der Waals surface area contributed by atoms with Crippen LogP contribution >= 0.6 is 7.82 Å². The summed E-state index contributed by atoms with van der Waals surface area (Å²) in [5.41, 5.74) is 0. The molecule has 0 bridgehead atoms. The van der Waals surface area contributed by atoms with Crippen LogP contribution in [0, 0.1) is 0 Å². The Balaban J connectivity index is 1.92. The Bertz CT molecular complexity index is 2460. The molecule has 0 radical (unpaired) electrons. The van der Waals surface area contributed by atoms with Crippen molar-refractivity contribution in [1.82, 2.24) is 0 Å². The van der Waals surface area contributed by atoms with E-state index in [-0.39, 0.29) is 25.7 Å². The van der Waals surface area contributed by atoms with Crippen molar-refractivity contribution in [1.29, 1.82) is 0 Å². The van der Waals surface area contributed by atoms with E-state index in [1.807, 2.05) is 0 Å². The van der Waals surface area contributed by atoms with Crippen molar-refractivity contribution in [3.63, 3.8) is 0 Å². The van der Waals surface area contributed by atoms with Crippen LogP contribution in [0.2, 0.25) is 0 Å². The highest BCUT2D eigenvalue weighted by Crippen LogP contribution is 2.49. The fraction of sp³-hybridized carbons (Fsp3) is 0.933. The van der Waals surface area contributed by atoms with Crippen molar-refractivity contribution in [3.05, 3.63) is 12.2 Å². The van der Waals surface area contributed by atoms with E-state index in [0.29, 0.717) is 32.1 Å². The average Bonchev–Trinajstić information content (AvgIpc) is 0.754. The van der Waals surface area contributed by atoms with Crippen molar-refractivity contribution < 1.29 is 122 Å². The van der Waals surface area contributed by atoms with Gasteiger partial charge in [0.15, 0.2) is 24.8 Å². The predicted molar refractivity (Wildman–Crippen MR) is 449 cm³/mol. The van der Waals surface area contributed by atoms with Gasteiger partial charge in [0.25, 0.3) is 0 Å². The van der Waals surface area contributed by atoms with Gasteiger partial charge < -0.3 is 88.7 Å². The van der Waals surface area contributed by atoms with Gasteiger partial charge >= 0.3 is 31.7 Å². The van der Waals surface area contributed by atoms with Crippen LogP contribution in [-0.2, 0) is 70.7 Å². The number of unbranched alkanes of at least 4 members (excludes halogenated alkanes) is 50. The van der Waals surface area contributed by atoms with E-state index in [2.05, 4.69) is 39.8 Å². The van der Waals surface area contributed by atoms with Gasteiger partial charge in [-0.25, -0.2) is 4.57 Å². The van der Waals surface area contributed by atoms with Crippen LogP contribution in [0.25, 0.3) is 0 Å². The van der Waals surface area contributed by atoms with Gasteiger partial charge in [-0.05, 0) is 51.4 Å². The molecule has 2 aliphatic heterocycles. The van der Waals surface area contributed by atoms with Gasteiger partial charge in [0.1, 0.15) is 92.6 Å². The molecule has 682 valence electrons. The average molecular weight is 1680 g/mol. The van der Waals surface area contributed by atoms with E-state index in [4.69, 9.17) is 46.9 Å². The second kappa shape index (κ2) is 69.6. The minimum absolute atomic E-state index is 0.0179. The lowest BCUT2D eigenvalue weighted by molar-refractivity contribution is -0.360. The zero-order valence-corrected chi connectivity index (χ0v) is 73.5. The van der Waals surface area contributed by atoms with E-state index in [0.717, 1.165) is 141 Å². The summed E-state index contributed by atoms with van der Waals surface area (Å²) in [5, 5.41) is 102. The Morgan fingerprint density at radius 3 is 1.03 bits per heavy atom. The highest BCUT2D eigenvalue weighted by atomic mass is 31.2. The number of carbonyl (C=O) groups is 4. The number of carbonyl (C=O) groups excluding carboxylic acids is 4. The molecule has 3 fully saturated rings. The van der Waals surface area contributed by atoms with Gasteiger partial charge in [-0.3, -0.25) is 28.2 Å². The lowest BCUT2D eigenvalue weighted by atomic mass is 9.84. The molecule has 18 atom stereocenters. The number of ether oxygens (including phenoxy) is 8. The largest absolute Gasteiger partial charge is 0.472 e. The first kappa shape index (κ1) is 107. The fourth-order valence-electron chi connectivity index (χ4n) is 15.5. The number of hydrogen-bond donors (Lipinski definition) is 10. The highest BCUT2D eigenvalue weighted by molar-refractivity contribution is 7.47. The van der Waals surface area contributed by atoms with E-state index in [1.165, 1.54) is 180 Å². The standard InChI is InChI=1S/C90H167O25P/c1-5-9-13-17-21-25-29-33-35-37-41-44-48-52-56-60-64-75(94)109-70(67-106-73(92)62-58-54-50-46-42-38-31-27-23-19-15-11-7-3)68-108-116(104,105)115-88-86(113-89-83(102)79(98)77(96)71(66-91)110-89)82(101)81(100)85(112-76(95)65-61-57-53-49-45-40-36-34-30-26-22-18-14-10-6-2)87(88)114-90-84(103)80(99)78(97)72(111-90)69-107-74(93)63-59-55-51-47-43-39-32-28-24-20-16-12-8-4/h26,30,70-72,77-91,96-103H,5-25,27-29,31-69H2,1-4H3,(H,104,105)/b30-26-. The Kier molecular flexibility index (Phi) is 64.4. The summed E-state index contributed by atoms with van der Waals surface area (Å²) in [4.78, 5) is 66.4. The molecule has 18 unspecified atom stereocenters. The van der Waals surface area contributed by atoms with Crippen molar-refractivity contribution in [3.8, 4) is 0 Å². The van der Waals surface area contributed by atoms with E-state index in [1.54, 1.807) is 0 Å². The zero-order valence-electron chi connectivity index (χ0n) is 72.6. The maximum atomic E-state index is 14.9. The topological polar surface area (TPSA) is 380 Å². The van der Waals surface area contributed by atoms with Crippen LogP contribution in [0.15, 0.2) is 12.2 Å². The van der Waals surface area contributed by atoms with Gasteiger partial charge in [0.05, 0.1) is 13.2 Å². The predicted octanol–water partition coefficient (Wildman–Crippen LogP) is 17.2. The molecule has 0 aromatic heterocycles. The fourth-order valence-corrected chi connectivity index (χ4v) is 16.5. The highest BCUT2D eigenvalue weighted by Gasteiger charge is 2.60. The van der Waals surface area contributed by atoms with Crippen LogP contribution in [0.4, 0.5) is 0 Å². The third-order valence-electron chi connectivity index (χ3n) is 23.0. The molecule has 1 aliphatic carbocycles. The van der Waals surface area contributed by atoms with Gasteiger partial charge in [-0.1, -0.05) is 342 Å². The molecule has 2 saturated heterocycles. The summed E-state index contributed by atoms with van der Waals surface area (Å²) in [6, 6.07) is 0. The second-order valence-corrected chi connectivity index (χ2v) is 34.9. The molecule has 10 N–H and O–H groups in total. The van der Waals surface area contributed by atoms with Crippen LogP contribution < -0.4 is 0 Å². The monoisotopic (exact) mass is 1680 g/mol. The number of phosphoric acid groups is 1. The lowest BCUT2D eigenvalue weighted by Crippen LogP contribution is -2.70. The molecular formula is C90H167O25P. The lowest BCUT2D eigenvalue weighted by Gasteiger charge is -2.50. The van der Waals surface area contributed by atoms with Crippen LogP contribution in [-0.4, -0.2) is 205 Å². The number of aliphatic hydroxyl groups is 9. The normalized spacial score (nSPS) is 25.2. The van der Waals surface area contributed by atoms with Gasteiger partial charge in [0.2, 0.25) is 0 Å². The molecule has 0 amide bonds. The summed E-state index contributed by atoms with van der Waals surface area (Å²) in [5.74, 6) is -2.95. The Morgan fingerprint density at radius 1 is 0.336 bits per heavy atom. The van der Waals surface area contributed by atoms with Crippen molar-refractivity contribution >= 4 is 31.7 Å². The number of aliphatic hydroxyl groups excluding tert-OH is 9. The molecule has 0 aromatic carbocycles. The van der Waals surface area contributed by atoms with E-state index < -0.39 is 162 Å². The number of phosphoric ester groups is 1. The first-order valence-electron chi connectivity index (χ1n) is 46.9. The van der Waals surface area contributed by atoms with Gasteiger partial charge in [-0.15, -0.1) is 0 Å². The Labute approximate surface area is 699 Å². The molecule has 1 saturated carbocycles. The number of esters is 4. The van der Waals surface area contributed by atoms with E-state index in [9.17, 15) is 74.6 Å². The number of rotatable bonds is 76. The van der Waals surface area contributed by atoms with Crippen LogP contribution in [0.3, 0.4) is 0 Å². The van der Waals surface area contributed by atoms with Crippen molar-refractivity contribution in [2.75, 3.05) is 26.4 Å². The van der Waals surface area contributed by atoms with Crippen LogP contribution in [0.1, 0.15) is 407 Å². The molecule has 2 heterocycles. The zero-order chi connectivity index (χ0) is 84.7. The SMILES string of the molecule is CCCCCC/C=C\CCCCCCCCCC(=O)OC1C(O)C(O)C(OC2OC(CO)C(O)C(O)C2O)C(OP(=O)(O)OCC(COC(=O)CCCCCCCCCCCCCCC)OC(=O)CCCCCCCCCCCCCCCCCC)C1OC1OC(COC(=O)CCCCCCCCCCCCCCC)C(O)C(O)C1O. The minimum atomic E-state index is -5.80. The molecule has 3 aliphatic rings. The molecule has 25 nitrogen and oxygen atoms in total. The molecule has 0 aromatic rings. The third-order valence-corrected chi connectivity index (χ3v) is 24.0. The third kappa shape index (κ3) is 49.5. The molecule has 116 heavy (non-hydrogen) atoms. The van der Waals surface area contributed by atoms with Crippen molar-refractivity contribution in [2.24, 2.45) is 0 Å². The maximum absolute atomic E-state index is 14.9. The number of allylic oxidation sites excluding steroid dienone is 2.